The fourth-order valence-corrected chi connectivity index (χ4v) is 3.19. The number of carbonyl (C=O) groups excluding carboxylic acids is 1. The molecule has 0 fully saturated rings. The number of aryl methyl sites for hydroxylation is 1. The van der Waals surface area contributed by atoms with E-state index in [1.165, 1.54) is 11.8 Å². The molecule has 0 saturated heterocycles. The Balaban J connectivity index is 2.25. The highest BCUT2D eigenvalue weighted by Gasteiger charge is 2.11. The van der Waals surface area contributed by atoms with Gasteiger partial charge in [0.1, 0.15) is 0 Å². The predicted octanol–water partition coefficient (Wildman–Crippen LogP) is 3.03. The molecule has 118 valence electrons. The number of aromatic nitrogens is 1. The van der Waals surface area contributed by atoms with E-state index < -0.39 is 0 Å². The topological polar surface area (TPSA) is 51.1 Å². The molecule has 1 aromatic carbocycles. The smallest absolute Gasteiger partial charge is 0.252 e. The average Bonchev–Trinajstić information content (AvgIpc) is 2.52. The third-order valence-corrected chi connectivity index (χ3v) is 4.73. The highest BCUT2D eigenvalue weighted by Crippen LogP contribution is 2.26. The van der Waals surface area contributed by atoms with Gasteiger partial charge in [0.15, 0.2) is 0 Å². The molecular weight excluding hydrogens is 296 g/mol. The molecule has 2 aromatic rings. The van der Waals surface area contributed by atoms with Crippen molar-refractivity contribution in [2.45, 2.75) is 44.7 Å². The lowest BCUT2D eigenvalue weighted by Crippen LogP contribution is -2.33. The zero-order valence-corrected chi connectivity index (χ0v) is 14.1. The average molecular weight is 318 g/mol. The Kier molecular flexibility index (Phi) is 5.66. The van der Waals surface area contributed by atoms with Gasteiger partial charge in [-0.15, -0.1) is 11.8 Å². The van der Waals surface area contributed by atoms with E-state index in [1.54, 1.807) is 10.6 Å². The summed E-state index contributed by atoms with van der Waals surface area (Å²) in [5.74, 6) is 0.326. The summed E-state index contributed by atoms with van der Waals surface area (Å²) in [6.45, 7) is 6.62. The van der Waals surface area contributed by atoms with E-state index in [2.05, 4.69) is 5.32 Å². The minimum absolute atomic E-state index is 0.00287. The van der Waals surface area contributed by atoms with E-state index >= 15 is 0 Å². The molecule has 1 amide bonds. The van der Waals surface area contributed by atoms with E-state index in [-0.39, 0.29) is 17.5 Å². The lowest BCUT2D eigenvalue weighted by molar-refractivity contribution is -0.119. The Morgan fingerprint density at radius 2 is 2.05 bits per heavy atom. The first-order valence-corrected chi connectivity index (χ1v) is 8.60. The number of hydrogen-bond donors (Lipinski definition) is 1. The highest BCUT2D eigenvalue weighted by molar-refractivity contribution is 8.00. The van der Waals surface area contributed by atoms with Crippen LogP contribution in [0.4, 0.5) is 0 Å². The van der Waals surface area contributed by atoms with Crippen LogP contribution in [0.3, 0.4) is 0 Å². The Bertz CT molecular complexity index is 724. The summed E-state index contributed by atoms with van der Waals surface area (Å²) in [5, 5.41) is 3.96. The van der Waals surface area contributed by atoms with Gasteiger partial charge in [0.05, 0.1) is 11.3 Å². The number of benzene rings is 1. The molecule has 4 nitrogen and oxygen atoms in total. The molecule has 0 saturated carbocycles. The molecule has 1 atom stereocenters. The molecule has 0 aliphatic rings. The largest absolute Gasteiger partial charge is 0.353 e. The fourth-order valence-electron chi connectivity index (χ4n) is 2.31. The first kappa shape index (κ1) is 16.6. The molecule has 22 heavy (non-hydrogen) atoms. The Morgan fingerprint density at radius 3 is 2.73 bits per heavy atom. The lowest BCUT2D eigenvalue weighted by Gasteiger charge is -2.13. The molecule has 5 heteroatoms. The maximum absolute atomic E-state index is 12.2. The van der Waals surface area contributed by atoms with Crippen LogP contribution >= 0.6 is 11.8 Å². The van der Waals surface area contributed by atoms with Gasteiger partial charge in [-0.25, -0.2) is 0 Å². The van der Waals surface area contributed by atoms with E-state index in [0.29, 0.717) is 12.3 Å². The van der Waals surface area contributed by atoms with Crippen molar-refractivity contribution in [3.05, 3.63) is 40.7 Å². The molecule has 1 N–H and O–H groups in total. The van der Waals surface area contributed by atoms with Gasteiger partial charge in [-0.3, -0.25) is 9.59 Å². The van der Waals surface area contributed by atoms with E-state index in [1.807, 2.05) is 45.0 Å². The van der Waals surface area contributed by atoms with Gasteiger partial charge in [-0.05, 0) is 26.3 Å². The number of thioether (sulfide) groups is 1. The second-order valence-electron chi connectivity index (χ2n) is 5.27. The minimum Gasteiger partial charge on any atom is -0.353 e. The van der Waals surface area contributed by atoms with E-state index in [0.717, 1.165) is 22.2 Å². The Hall–Kier alpha value is -1.75. The number of pyridine rings is 1. The second kappa shape index (κ2) is 7.49. The monoisotopic (exact) mass is 318 g/mol. The van der Waals surface area contributed by atoms with Crippen molar-refractivity contribution in [3.63, 3.8) is 0 Å². The lowest BCUT2D eigenvalue weighted by atomic mass is 10.2. The van der Waals surface area contributed by atoms with Crippen LogP contribution in [0.1, 0.15) is 27.2 Å². The standard InChI is InChI=1S/C17H22N2O2S/c1-4-12(3)18-16(20)11-22-15-10-17(21)19(5-2)14-9-7-6-8-13(14)15/h6-10,12H,4-5,11H2,1-3H3,(H,18,20)/t12-/m0/s1. The van der Waals surface area contributed by atoms with Crippen molar-refractivity contribution in [1.29, 1.82) is 0 Å². The maximum Gasteiger partial charge on any atom is 0.252 e. The first-order chi connectivity index (χ1) is 10.6. The van der Waals surface area contributed by atoms with Crippen molar-refractivity contribution in [2.75, 3.05) is 5.75 Å². The third kappa shape index (κ3) is 3.71. The summed E-state index contributed by atoms with van der Waals surface area (Å²) in [6, 6.07) is 9.64. The molecule has 0 spiro atoms. The van der Waals surface area contributed by atoms with Gasteiger partial charge in [0.25, 0.3) is 5.56 Å². The molecule has 0 unspecified atom stereocenters. The van der Waals surface area contributed by atoms with Crippen LogP contribution in [0.2, 0.25) is 0 Å². The van der Waals surface area contributed by atoms with E-state index in [9.17, 15) is 9.59 Å². The van der Waals surface area contributed by atoms with Crippen LogP contribution in [-0.4, -0.2) is 22.3 Å². The summed E-state index contributed by atoms with van der Waals surface area (Å²) >= 11 is 1.42. The normalized spacial score (nSPS) is 12.3. The quantitative estimate of drug-likeness (QED) is 0.833. The minimum atomic E-state index is -0.0222. The molecule has 2 rings (SSSR count). The molecule has 0 aliphatic carbocycles. The fraction of sp³-hybridized carbons (Fsp3) is 0.412. The number of nitrogens with zero attached hydrogens (tertiary/aromatic N) is 1. The zero-order chi connectivity index (χ0) is 16.1. The molecule has 0 aliphatic heterocycles. The van der Waals surface area contributed by atoms with Gasteiger partial charge < -0.3 is 9.88 Å². The molecule has 0 radical (unpaired) electrons. The van der Waals surface area contributed by atoms with Crippen molar-refractivity contribution in [1.82, 2.24) is 9.88 Å². The van der Waals surface area contributed by atoms with Gasteiger partial charge in [-0.2, -0.15) is 0 Å². The van der Waals surface area contributed by atoms with Crippen LogP contribution in [0, 0.1) is 0 Å². The van der Waals surface area contributed by atoms with Crippen molar-refractivity contribution in [3.8, 4) is 0 Å². The summed E-state index contributed by atoms with van der Waals surface area (Å²) in [7, 11) is 0. The van der Waals surface area contributed by atoms with E-state index in [4.69, 9.17) is 0 Å². The molecule has 1 aromatic heterocycles. The number of hydrogen-bond acceptors (Lipinski definition) is 3. The molecule has 1 heterocycles. The number of rotatable bonds is 6. The number of fused-ring (bicyclic) bond motifs is 1. The SMILES string of the molecule is CC[C@H](C)NC(=O)CSc1cc(=O)n(CC)c2ccccc12. The van der Waals surface area contributed by atoms with Gasteiger partial charge >= 0.3 is 0 Å². The number of nitrogens with one attached hydrogen (secondary N) is 1. The summed E-state index contributed by atoms with van der Waals surface area (Å²) in [5.41, 5.74) is 0.897. The van der Waals surface area contributed by atoms with Gasteiger partial charge in [0.2, 0.25) is 5.91 Å². The number of para-hydroxylation sites is 1. The van der Waals surface area contributed by atoms with Crippen LogP contribution in [0.15, 0.2) is 40.0 Å². The number of carbonyl (C=O) groups is 1. The van der Waals surface area contributed by atoms with Crippen molar-refractivity contribution in [2.24, 2.45) is 0 Å². The van der Waals surface area contributed by atoms with Crippen LogP contribution in [0.5, 0.6) is 0 Å². The van der Waals surface area contributed by atoms with Crippen molar-refractivity contribution < 1.29 is 4.79 Å². The summed E-state index contributed by atoms with van der Waals surface area (Å²) in [4.78, 5) is 25.0. The number of amides is 1. The zero-order valence-electron chi connectivity index (χ0n) is 13.3. The summed E-state index contributed by atoms with van der Waals surface area (Å²) in [6.07, 6.45) is 0.909. The van der Waals surface area contributed by atoms with Gasteiger partial charge in [0, 0.05) is 28.9 Å². The molecule has 0 bridgehead atoms. The predicted molar refractivity (Wildman–Crippen MR) is 92.5 cm³/mol. The highest BCUT2D eigenvalue weighted by atomic mass is 32.2. The molecular formula is C17H22N2O2S. The third-order valence-electron chi connectivity index (χ3n) is 3.68. The second-order valence-corrected chi connectivity index (χ2v) is 6.29. The Labute approximate surface area is 134 Å². The van der Waals surface area contributed by atoms with Gasteiger partial charge in [-0.1, -0.05) is 25.1 Å². The summed E-state index contributed by atoms with van der Waals surface area (Å²) < 4.78 is 1.75. The van der Waals surface area contributed by atoms with Crippen LogP contribution < -0.4 is 10.9 Å². The Morgan fingerprint density at radius 1 is 1.32 bits per heavy atom. The maximum atomic E-state index is 12.2. The van der Waals surface area contributed by atoms with Crippen LogP contribution in [-0.2, 0) is 11.3 Å². The first-order valence-electron chi connectivity index (χ1n) is 7.61. The van der Waals surface area contributed by atoms with Crippen LogP contribution in [0.25, 0.3) is 10.9 Å². The van der Waals surface area contributed by atoms with Crippen molar-refractivity contribution >= 4 is 28.6 Å².